The van der Waals surface area contributed by atoms with Gasteiger partial charge in [0, 0.05) is 5.92 Å². The lowest BCUT2D eigenvalue weighted by Gasteiger charge is -2.19. The van der Waals surface area contributed by atoms with Crippen LogP contribution in [-0.2, 0) is 14.6 Å². The summed E-state index contributed by atoms with van der Waals surface area (Å²) in [5.41, 5.74) is 0. The van der Waals surface area contributed by atoms with Crippen molar-refractivity contribution >= 4 is 15.6 Å². The Balaban J connectivity index is 4.36. The third kappa shape index (κ3) is 3.78. The van der Waals surface area contributed by atoms with Gasteiger partial charge < -0.3 is 0 Å². The Morgan fingerprint density at radius 3 is 2.00 bits per heavy atom. The summed E-state index contributed by atoms with van der Waals surface area (Å²) in [5.74, 6) is -0.0155. The van der Waals surface area contributed by atoms with Gasteiger partial charge in [-0.2, -0.15) is 0 Å². The van der Waals surface area contributed by atoms with E-state index in [2.05, 4.69) is 0 Å². The molecule has 3 nitrogen and oxygen atoms in total. The monoisotopic (exact) mass is 220 g/mol. The summed E-state index contributed by atoms with van der Waals surface area (Å²) in [5, 5.41) is 0. The van der Waals surface area contributed by atoms with Crippen LogP contribution in [0.5, 0.6) is 0 Å². The van der Waals surface area contributed by atoms with E-state index in [1.807, 2.05) is 0 Å². The molecule has 4 heteroatoms. The van der Waals surface area contributed by atoms with Crippen LogP contribution >= 0.6 is 0 Å². The van der Waals surface area contributed by atoms with E-state index in [9.17, 15) is 13.2 Å². The standard InChI is InChI=1S/C10H20O3S/c1-8(9(2)11)6-7-14(12,13)10(3,4)5/h8H,6-7H2,1-5H3. The maximum absolute atomic E-state index is 11.7. The zero-order chi connectivity index (χ0) is 11.6. The number of carbonyl (C=O) groups is 1. The Morgan fingerprint density at radius 2 is 1.71 bits per heavy atom. The lowest BCUT2D eigenvalue weighted by Crippen LogP contribution is -2.31. The summed E-state index contributed by atoms with van der Waals surface area (Å²) in [6.07, 6.45) is 0.426. The number of sulfone groups is 1. The van der Waals surface area contributed by atoms with Crippen molar-refractivity contribution in [3.05, 3.63) is 0 Å². The fourth-order valence-corrected chi connectivity index (χ4v) is 2.12. The van der Waals surface area contributed by atoms with E-state index in [1.54, 1.807) is 27.7 Å². The number of ketones is 1. The van der Waals surface area contributed by atoms with E-state index in [1.165, 1.54) is 6.92 Å². The number of Topliss-reactive ketones (excluding diaryl/α,β-unsaturated/α-hetero) is 1. The third-order valence-electron chi connectivity index (χ3n) is 2.45. The summed E-state index contributed by atoms with van der Waals surface area (Å²) in [6.45, 7) is 8.30. The van der Waals surface area contributed by atoms with Crippen molar-refractivity contribution in [3.63, 3.8) is 0 Å². The molecule has 0 aromatic carbocycles. The lowest BCUT2D eigenvalue weighted by atomic mass is 10.1. The van der Waals surface area contributed by atoms with Gasteiger partial charge >= 0.3 is 0 Å². The molecule has 0 aliphatic carbocycles. The van der Waals surface area contributed by atoms with Gasteiger partial charge in [-0.3, -0.25) is 4.79 Å². The smallest absolute Gasteiger partial charge is 0.155 e. The van der Waals surface area contributed by atoms with Crippen molar-refractivity contribution in [1.29, 1.82) is 0 Å². The van der Waals surface area contributed by atoms with Gasteiger partial charge in [-0.05, 0) is 34.1 Å². The first-order chi connectivity index (χ1) is 6.08. The van der Waals surface area contributed by atoms with E-state index in [-0.39, 0.29) is 17.5 Å². The first kappa shape index (κ1) is 13.6. The van der Waals surface area contributed by atoms with Gasteiger partial charge in [-0.1, -0.05) is 6.92 Å². The van der Waals surface area contributed by atoms with Crippen LogP contribution in [0.25, 0.3) is 0 Å². The van der Waals surface area contributed by atoms with Gasteiger partial charge in [-0.25, -0.2) is 8.42 Å². The Kier molecular flexibility index (Phi) is 4.31. The first-order valence-electron chi connectivity index (χ1n) is 4.80. The van der Waals surface area contributed by atoms with E-state index in [4.69, 9.17) is 0 Å². The Bertz CT molecular complexity index is 296. The molecule has 0 spiro atoms. The number of carbonyl (C=O) groups excluding carboxylic acids is 1. The molecule has 0 heterocycles. The molecule has 0 saturated heterocycles. The van der Waals surface area contributed by atoms with Crippen LogP contribution in [0.3, 0.4) is 0 Å². The molecule has 84 valence electrons. The van der Waals surface area contributed by atoms with E-state index in [0.29, 0.717) is 6.42 Å². The predicted molar refractivity (Wildman–Crippen MR) is 58.0 cm³/mol. The van der Waals surface area contributed by atoms with Crippen molar-refractivity contribution in [3.8, 4) is 0 Å². The SMILES string of the molecule is CC(=O)C(C)CCS(=O)(=O)C(C)(C)C. The van der Waals surface area contributed by atoms with Gasteiger partial charge in [0.15, 0.2) is 9.84 Å². The fourth-order valence-electron chi connectivity index (χ4n) is 0.841. The minimum absolute atomic E-state index is 0.0501. The second-order valence-corrected chi connectivity index (χ2v) is 7.59. The molecule has 0 aliphatic rings. The molecule has 0 aliphatic heterocycles. The molecule has 0 bridgehead atoms. The van der Waals surface area contributed by atoms with Crippen LogP contribution in [0, 0.1) is 5.92 Å². The highest BCUT2D eigenvalue weighted by Crippen LogP contribution is 2.18. The molecule has 0 fully saturated rings. The number of hydrogen-bond donors (Lipinski definition) is 0. The van der Waals surface area contributed by atoms with Crippen LogP contribution in [0.2, 0.25) is 0 Å². The van der Waals surface area contributed by atoms with Crippen molar-refractivity contribution in [2.45, 2.75) is 45.8 Å². The summed E-state index contributed by atoms with van der Waals surface area (Å²) in [7, 11) is -3.08. The van der Waals surface area contributed by atoms with Crippen LogP contribution in [0.4, 0.5) is 0 Å². The van der Waals surface area contributed by atoms with Crippen LogP contribution < -0.4 is 0 Å². The number of rotatable bonds is 4. The molecule has 0 rings (SSSR count). The molecule has 1 unspecified atom stereocenters. The highest BCUT2D eigenvalue weighted by molar-refractivity contribution is 7.92. The summed E-state index contributed by atoms with van der Waals surface area (Å²) >= 11 is 0. The molecule has 0 aromatic heterocycles. The van der Waals surface area contributed by atoms with Crippen molar-refractivity contribution in [2.75, 3.05) is 5.75 Å². The summed E-state index contributed by atoms with van der Waals surface area (Å²) in [6, 6.07) is 0. The van der Waals surface area contributed by atoms with E-state index < -0.39 is 14.6 Å². The molecule has 0 aromatic rings. The Hall–Kier alpha value is -0.380. The molecule has 0 N–H and O–H groups in total. The highest BCUT2D eigenvalue weighted by Gasteiger charge is 2.29. The van der Waals surface area contributed by atoms with Crippen molar-refractivity contribution in [2.24, 2.45) is 5.92 Å². The predicted octanol–water partition coefficient (Wildman–Crippen LogP) is 1.81. The fraction of sp³-hybridized carbons (Fsp3) is 0.900. The Morgan fingerprint density at radius 1 is 1.29 bits per heavy atom. The normalized spacial score (nSPS) is 15.2. The zero-order valence-corrected chi connectivity index (χ0v) is 10.4. The van der Waals surface area contributed by atoms with Gasteiger partial charge in [0.1, 0.15) is 5.78 Å². The first-order valence-corrected chi connectivity index (χ1v) is 6.46. The maximum atomic E-state index is 11.7. The number of hydrogen-bond acceptors (Lipinski definition) is 3. The maximum Gasteiger partial charge on any atom is 0.155 e. The van der Waals surface area contributed by atoms with Gasteiger partial charge in [0.2, 0.25) is 0 Å². The molecule has 0 amide bonds. The van der Waals surface area contributed by atoms with Crippen LogP contribution in [-0.4, -0.2) is 24.7 Å². The third-order valence-corrected chi connectivity index (χ3v) is 5.09. The van der Waals surface area contributed by atoms with Crippen LogP contribution in [0.1, 0.15) is 41.0 Å². The molecule has 0 saturated carbocycles. The van der Waals surface area contributed by atoms with E-state index >= 15 is 0 Å². The molecular weight excluding hydrogens is 200 g/mol. The quantitative estimate of drug-likeness (QED) is 0.726. The molecule has 1 atom stereocenters. The molecule has 0 radical (unpaired) electrons. The van der Waals surface area contributed by atoms with Crippen molar-refractivity contribution < 1.29 is 13.2 Å². The Labute approximate surface area is 86.8 Å². The minimum atomic E-state index is -3.08. The van der Waals surface area contributed by atoms with Gasteiger partial charge in [-0.15, -0.1) is 0 Å². The van der Waals surface area contributed by atoms with E-state index in [0.717, 1.165) is 0 Å². The molecule has 14 heavy (non-hydrogen) atoms. The summed E-state index contributed by atoms with van der Waals surface area (Å²) in [4.78, 5) is 10.9. The van der Waals surface area contributed by atoms with Gasteiger partial charge in [0.05, 0.1) is 10.5 Å². The largest absolute Gasteiger partial charge is 0.300 e. The summed E-state index contributed by atoms with van der Waals surface area (Å²) < 4.78 is 22.6. The lowest BCUT2D eigenvalue weighted by molar-refractivity contribution is -0.120. The average molecular weight is 220 g/mol. The van der Waals surface area contributed by atoms with Crippen molar-refractivity contribution in [1.82, 2.24) is 0 Å². The minimum Gasteiger partial charge on any atom is -0.300 e. The second kappa shape index (κ2) is 4.43. The second-order valence-electron chi connectivity index (χ2n) is 4.73. The highest BCUT2D eigenvalue weighted by atomic mass is 32.2. The molecular formula is C10H20O3S. The topological polar surface area (TPSA) is 51.2 Å². The van der Waals surface area contributed by atoms with Crippen LogP contribution in [0.15, 0.2) is 0 Å². The van der Waals surface area contributed by atoms with Gasteiger partial charge in [0.25, 0.3) is 0 Å². The average Bonchev–Trinajstić information content (AvgIpc) is 1.97. The zero-order valence-electron chi connectivity index (χ0n) is 9.62.